The molecule has 12 nitrogen and oxygen atoms in total. The molecule has 3 aliphatic heterocycles. The third-order valence-electron chi connectivity index (χ3n) is 11.4. The molecule has 0 aromatic carbocycles. The van der Waals surface area contributed by atoms with E-state index in [0.29, 0.717) is 12.0 Å². The summed E-state index contributed by atoms with van der Waals surface area (Å²) < 4.78 is 36.1. The van der Waals surface area contributed by atoms with E-state index < -0.39 is 84.8 Å². The Labute approximate surface area is 328 Å². The molecule has 3 aliphatic rings. The number of aliphatic hydroxyl groups excluding tert-OH is 4. The first-order valence-corrected chi connectivity index (χ1v) is 19.6. The molecule has 0 aromatic rings. The van der Waals surface area contributed by atoms with E-state index in [0.717, 1.165) is 5.57 Å². The Bertz CT molecular complexity index is 1410. The number of hydrogen-bond donors (Lipinski definition) is 5. The van der Waals surface area contributed by atoms with E-state index in [-0.39, 0.29) is 36.4 Å². The first-order chi connectivity index (χ1) is 25.9. The van der Waals surface area contributed by atoms with Gasteiger partial charge in [0.2, 0.25) is 5.76 Å². The van der Waals surface area contributed by atoms with E-state index in [1.54, 1.807) is 32.9 Å². The van der Waals surface area contributed by atoms with Gasteiger partial charge in [0, 0.05) is 43.6 Å². The van der Waals surface area contributed by atoms with Gasteiger partial charge < -0.3 is 54.0 Å². The molecule has 0 saturated carbocycles. The average Bonchev–Trinajstić information content (AvgIpc) is 3.13. The molecule has 0 unspecified atom stereocenters. The summed E-state index contributed by atoms with van der Waals surface area (Å²) in [7, 11) is 2.86. The highest BCUT2D eigenvalue weighted by Crippen LogP contribution is 2.42. The van der Waals surface area contributed by atoms with E-state index in [2.05, 4.69) is 0 Å². The van der Waals surface area contributed by atoms with Crippen molar-refractivity contribution in [2.75, 3.05) is 14.2 Å². The molecular formula is C43H68O12. The molecule has 0 radical (unpaired) electrons. The Hall–Kier alpha value is -2.65. The van der Waals surface area contributed by atoms with E-state index >= 15 is 0 Å². The Morgan fingerprint density at radius 1 is 1.04 bits per heavy atom. The molecule has 3 heterocycles. The number of methoxy groups -OCH3 is 2. The fraction of sp³-hybridized carbons (Fsp3) is 0.698. The van der Waals surface area contributed by atoms with Gasteiger partial charge in [-0.05, 0) is 46.1 Å². The molecule has 0 aromatic heterocycles. The van der Waals surface area contributed by atoms with Crippen molar-refractivity contribution in [3.8, 4) is 0 Å². The van der Waals surface area contributed by atoms with Gasteiger partial charge in [-0.15, -0.1) is 0 Å². The van der Waals surface area contributed by atoms with Gasteiger partial charge in [-0.3, -0.25) is 0 Å². The third-order valence-corrected chi connectivity index (χ3v) is 11.4. The van der Waals surface area contributed by atoms with Crippen molar-refractivity contribution in [3.63, 3.8) is 0 Å². The van der Waals surface area contributed by atoms with Crippen LogP contribution < -0.4 is 0 Å². The van der Waals surface area contributed by atoms with Crippen LogP contribution in [0, 0.1) is 29.6 Å². The van der Waals surface area contributed by atoms with Crippen molar-refractivity contribution >= 4 is 5.97 Å². The first-order valence-electron chi connectivity index (χ1n) is 19.6. The van der Waals surface area contributed by atoms with E-state index in [1.165, 1.54) is 14.2 Å². The number of cyclic esters (lactones) is 1. The van der Waals surface area contributed by atoms with E-state index in [9.17, 15) is 30.3 Å². The summed E-state index contributed by atoms with van der Waals surface area (Å²) in [6.07, 6.45) is 8.29. The lowest BCUT2D eigenvalue weighted by Crippen LogP contribution is -2.59. The van der Waals surface area contributed by atoms with Crippen molar-refractivity contribution in [1.82, 2.24) is 0 Å². The zero-order valence-electron chi connectivity index (χ0n) is 34.6. The minimum atomic E-state index is -1.92. The van der Waals surface area contributed by atoms with Crippen molar-refractivity contribution in [1.29, 1.82) is 0 Å². The second-order valence-electron chi connectivity index (χ2n) is 15.9. The lowest BCUT2D eigenvalue weighted by atomic mass is 9.77. The molecular weight excluding hydrogens is 708 g/mol. The predicted molar refractivity (Wildman–Crippen MR) is 209 cm³/mol. The molecule has 55 heavy (non-hydrogen) atoms. The fourth-order valence-corrected chi connectivity index (χ4v) is 7.76. The number of esters is 1. The van der Waals surface area contributed by atoms with E-state index in [4.69, 9.17) is 28.4 Å². The Morgan fingerprint density at radius 2 is 1.73 bits per heavy atom. The normalized spacial score (nSPS) is 42.6. The van der Waals surface area contributed by atoms with Crippen LogP contribution in [-0.4, -0.2) is 113 Å². The Morgan fingerprint density at radius 3 is 2.35 bits per heavy atom. The van der Waals surface area contributed by atoms with Crippen molar-refractivity contribution in [2.24, 2.45) is 29.6 Å². The summed E-state index contributed by atoms with van der Waals surface area (Å²) in [5, 5.41) is 56.1. The van der Waals surface area contributed by atoms with Crippen molar-refractivity contribution < 1.29 is 58.7 Å². The number of aliphatic hydroxyl groups is 5. The topological polar surface area (TPSA) is 174 Å². The van der Waals surface area contributed by atoms with Gasteiger partial charge in [0.1, 0.15) is 18.3 Å². The highest BCUT2D eigenvalue weighted by Gasteiger charge is 2.52. The molecule has 2 saturated heterocycles. The number of carbonyl (C=O) groups is 1. The van der Waals surface area contributed by atoms with Crippen LogP contribution in [0.15, 0.2) is 71.6 Å². The second-order valence-corrected chi connectivity index (χ2v) is 15.9. The quantitative estimate of drug-likeness (QED) is 0.148. The van der Waals surface area contributed by atoms with Gasteiger partial charge in [-0.25, -0.2) is 4.79 Å². The third kappa shape index (κ3) is 12.4. The second kappa shape index (κ2) is 21.2. The van der Waals surface area contributed by atoms with Crippen LogP contribution in [0.3, 0.4) is 0 Å². The zero-order chi connectivity index (χ0) is 41.2. The minimum absolute atomic E-state index is 0.0349. The predicted octanol–water partition coefficient (Wildman–Crippen LogP) is 5.05. The van der Waals surface area contributed by atoms with E-state index in [1.807, 2.05) is 84.1 Å². The zero-order valence-corrected chi connectivity index (χ0v) is 34.6. The lowest BCUT2D eigenvalue weighted by Gasteiger charge is -2.49. The molecule has 2 fully saturated rings. The lowest BCUT2D eigenvalue weighted by molar-refractivity contribution is -0.339. The smallest absolute Gasteiger partial charge is 0.373 e. The minimum Gasteiger partial charge on any atom is -0.490 e. The van der Waals surface area contributed by atoms with Crippen LogP contribution in [0.1, 0.15) is 81.6 Å². The largest absolute Gasteiger partial charge is 0.490 e. The molecule has 0 aliphatic carbocycles. The van der Waals surface area contributed by atoms with Gasteiger partial charge in [0.05, 0.1) is 43.7 Å². The maximum Gasteiger partial charge on any atom is 0.373 e. The summed E-state index contributed by atoms with van der Waals surface area (Å²) in [6.45, 7) is 16.6. The summed E-state index contributed by atoms with van der Waals surface area (Å²) >= 11 is 0. The number of carbonyl (C=O) groups excluding carboxylic acids is 1. The molecule has 16 atom stereocenters. The van der Waals surface area contributed by atoms with Gasteiger partial charge in [-0.2, -0.15) is 0 Å². The molecule has 3 rings (SSSR count). The molecule has 5 N–H and O–H groups in total. The van der Waals surface area contributed by atoms with Crippen LogP contribution in [-0.2, 0) is 33.2 Å². The van der Waals surface area contributed by atoms with Crippen LogP contribution >= 0.6 is 0 Å². The standard InChI is InChI=1S/C43H68O12/c1-12-13-14-17-33-28(6)36(53-37-22-32(44)40(47)31(9)52-37)23-43(49,55-33)30(8)39(46)29(7)41-34(50-10)18-15-16-24(2)19-26(4)38(45)27(5)20-25(3)21-35(51-11)42(48)54-41/h12-18,20-21,26-34,36-41,44-47,49H,19,22-23H2,1-11H3/b13-12+,17-14+,18-15-,24-16-,25-20-,35-21+/t26-,27+,28+,29-,30-,31+,32+,33+,34-,36+,37-,38-,39+,40+,41+,43+/m0/s1. The number of hydrogen-bond acceptors (Lipinski definition) is 12. The molecule has 0 bridgehead atoms. The average molecular weight is 777 g/mol. The number of ether oxygens (including phenoxy) is 6. The van der Waals surface area contributed by atoms with Gasteiger partial charge >= 0.3 is 5.97 Å². The summed E-state index contributed by atoms with van der Waals surface area (Å²) in [5.41, 5.74) is 1.74. The summed E-state index contributed by atoms with van der Waals surface area (Å²) in [4.78, 5) is 13.8. The SMILES string of the molecule is C/C=C/C=C/[C@H]1O[C@@](O)([C@@H](C)[C@H](O)[C@H](C)[C@H]2OC(=O)/C(OC)=C\C(C)=C/[C@@H](C)[C@@H](O)[C@@H](C)C/C(C)=C\C=C/[C@@H]2OC)C[C@@H](O[C@H]2C[C@@H](O)[C@H](O)[C@@H](C)O2)[C@@H]1C. The highest BCUT2D eigenvalue weighted by atomic mass is 16.7. The van der Waals surface area contributed by atoms with Crippen LogP contribution in [0.4, 0.5) is 0 Å². The monoisotopic (exact) mass is 776 g/mol. The maximum atomic E-state index is 13.8. The fourth-order valence-electron chi connectivity index (χ4n) is 7.76. The van der Waals surface area contributed by atoms with Crippen LogP contribution in [0.2, 0.25) is 0 Å². The van der Waals surface area contributed by atoms with Crippen LogP contribution in [0.5, 0.6) is 0 Å². The van der Waals surface area contributed by atoms with Gasteiger partial charge in [-0.1, -0.05) is 94.4 Å². The molecule has 312 valence electrons. The molecule has 12 heteroatoms. The molecule has 0 spiro atoms. The molecule has 0 amide bonds. The van der Waals surface area contributed by atoms with Crippen molar-refractivity contribution in [2.45, 2.75) is 149 Å². The number of allylic oxidation sites excluding steroid dienone is 8. The number of rotatable bonds is 10. The Balaban J connectivity index is 2.00. The maximum absolute atomic E-state index is 13.8. The van der Waals surface area contributed by atoms with Crippen LogP contribution in [0.25, 0.3) is 0 Å². The Kier molecular flexibility index (Phi) is 18.0. The van der Waals surface area contributed by atoms with Gasteiger partial charge in [0.25, 0.3) is 0 Å². The van der Waals surface area contributed by atoms with Crippen molar-refractivity contribution in [3.05, 3.63) is 71.6 Å². The highest BCUT2D eigenvalue weighted by molar-refractivity contribution is 5.87. The van der Waals surface area contributed by atoms with Gasteiger partial charge in [0.15, 0.2) is 12.1 Å². The summed E-state index contributed by atoms with van der Waals surface area (Å²) in [6, 6.07) is 0. The first kappa shape index (κ1) is 46.7. The summed E-state index contributed by atoms with van der Waals surface area (Å²) in [5.74, 6) is -5.04.